The van der Waals surface area contributed by atoms with E-state index >= 15 is 0 Å². The molecule has 0 atom stereocenters. The van der Waals surface area contributed by atoms with Crippen molar-refractivity contribution in [2.75, 3.05) is 0 Å². The van der Waals surface area contributed by atoms with E-state index in [9.17, 15) is 4.79 Å². The zero-order valence-corrected chi connectivity index (χ0v) is 8.93. The van der Waals surface area contributed by atoms with Crippen LogP contribution in [0.1, 0.15) is 21.7 Å². The SMILES string of the molecule is Cc1nn(-c2cnnn2C)c2c1C(=O)NC2. The molecule has 3 heterocycles. The molecule has 0 bridgehead atoms. The van der Waals surface area contributed by atoms with Gasteiger partial charge in [0.25, 0.3) is 5.91 Å². The van der Waals surface area contributed by atoms with Gasteiger partial charge in [-0.2, -0.15) is 5.10 Å². The smallest absolute Gasteiger partial charge is 0.255 e. The van der Waals surface area contributed by atoms with E-state index < -0.39 is 0 Å². The molecule has 2 aromatic rings. The first-order chi connectivity index (χ1) is 7.68. The molecule has 0 unspecified atom stereocenters. The minimum absolute atomic E-state index is 0.0612. The molecule has 82 valence electrons. The Bertz CT molecular complexity index is 581. The van der Waals surface area contributed by atoms with Crippen LogP contribution in [0.4, 0.5) is 0 Å². The molecule has 7 heteroatoms. The second-order valence-electron chi connectivity index (χ2n) is 3.72. The molecule has 0 fully saturated rings. The summed E-state index contributed by atoms with van der Waals surface area (Å²) in [5.74, 6) is 0.690. The third kappa shape index (κ3) is 1.02. The van der Waals surface area contributed by atoms with E-state index in [0.717, 1.165) is 17.2 Å². The Hall–Kier alpha value is -2.18. The van der Waals surface area contributed by atoms with Crippen LogP contribution in [0.25, 0.3) is 5.82 Å². The highest BCUT2D eigenvalue weighted by Crippen LogP contribution is 2.21. The van der Waals surface area contributed by atoms with Gasteiger partial charge in [0.1, 0.15) is 0 Å². The average molecular weight is 218 g/mol. The highest BCUT2D eigenvalue weighted by molar-refractivity contribution is 5.99. The van der Waals surface area contributed by atoms with E-state index in [1.54, 1.807) is 22.6 Å². The number of amides is 1. The predicted molar refractivity (Wildman–Crippen MR) is 54.0 cm³/mol. The van der Waals surface area contributed by atoms with E-state index in [1.807, 2.05) is 6.92 Å². The van der Waals surface area contributed by atoms with Crippen LogP contribution in [0, 0.1) is 6.92 Å². The summed E-state index contributed by atoms with van der Waals surface area (Å²) in [6.45, 7) is 2.32. The normalized spacial score (nSPS) is 14.0. The molecule has 0 radical (unpaired) electrons. The van der Waals surface area contributed by atoms with Gasteiger partial charge in [-0.05, 0) is 6.92 Å². The minimum atomic E-state index is -0.0612. The monoisotopic (exact) mass is 218 g/mol. The third-order valence-corrected chi connectivity index (χ3v) is 2.71. The van der Waals surface area contributed by atoms with Crippen molar-refractivity contribution in [1.82, 2.24) is 30.1 Å². The highest BCUT2D eigenvalue weighted by Gasteiger charge is 2.28. The van der Waals surface area contributed by atoms with Gasteiger partial charge in [-0.1, -0.05) is 5.21 Å². The molecule has 1 aliphatic rings. The minimum Gasteiger partial charge on any atom is -0.346 e. The Labute approximate surface area is 91.1 Å². The number of aryl methyl sites for hydroxylation is 2. The summed E-state index contributed by atoms with van der Waals surface area (Å²) in [4.78, 5) is 11.6. The first kappa shape index (κ1) is 9.08. The van der Waals surface area contributed by atoms with E-state index in [1.165, 1.54) is 0 Å². The Morgan fingerprint density at radius 1 is 1.50 bits per heavy atom. The maximum absolute atomic E-state index is 11.6. The van der Waals surface area contributed by atoms with Crippen LogP contribution in [0.3, 0.4) is 0 Å². The molecule has 0 aliphatic carbocycles. The number of carbonyl (C=O) groups excluding carboxylic acids is 1. The first-order valence-corrected chi connectivity index (χ1v) is 4.90. The summed E-state index contributed by atoms with van der Waals surface area (Å²) in [7, 11) is 1.79. The summed E-state index contributed by atoms with van der Waals surface area (Å²) in [5, 5.41) is 14.8. The molecule has 3 rings (SSSR count). The molecule has 1 N–H and O–H groups in total. The molecule has 0 saturated carbocycles. The van der Waals surface area contributed by atoms with Crippen molar-refractivity contribution >= 4 is 5.91 Å². The lowest BCUT2D eigenvalue weighted by molar-refractivity contribution is 0.0965. The Balaban J connectivity index is 2.25. The zero-order chi connectivity index (χ0) is 11.3. The number of rotatable bonds is 1. The van der Waals surface area contributed by atoms with Crippen molar-refractivity contribution in [3.05, 3.63) is 23.1 Å². The second-order valence-corrected chi connectivity index (χ2v) is 3.72. The van der Waals surface area contributed by atoms with E-state index in [0.29, 0.717) is 12.1 Å². The van der Waals surface area contributed by atoms with Crippen LogP contribution in [0.15, 0.2) is 6.20 Å². The van der Waals surface area contributed by atoms with Crippen LogP contribution < -0.4 is 5.32 Å². The van der Waals surface area contributed by atoms with Crippen molar-refractivity contribution < 1.29 is 4.79 Å². The Kier molecular flexibility index (Phi) is 1.65. The first-order valence-electron chi connectivity index (χ1n) is 4.90. The molecule has 0 spiro atoms. The predicted octanol–water partition coefficient (Wildman–Crippen LogP) is -0.447. The van der Waals surface area contributed by atoms with Gasteiger partial charge in [-0.25, -0.2) is 9.36 Å². The van der Waals surface area contributed by atoms with Crippen molar-refractivity contribution in [3.8, 4) is 5.82 Å². The fraction of sp³-hybridized carbons (Fsp3) is 0.333. The van der Waals surface area contributed by atoms with Gasteiger partial charge >= 0.3 is 0 Å². The molecule has 1 aliphatic heterocycles. The topological polar surface area (TPSA) is 77.6 Å². The molecule has 7 nitrogen and oxygen atoms in total. The zero-order valence-electron chi connectivity index (χ0n) is 8.93. The molecule has 0 aromatic carbocycles. The number of hydrogen-bond donors (Lipinski definition) is 1. The van der Waals surface area contributed by atoms with E-state index in [-0.39, 0.29) is 5.91 Å². The van der Waals surface area contributed by atoms with Gasteiger partial charge in [0, 0.05) is 7.05 Å². The summed E-state index contributed by atoms with van der Waals surface area (Å²) in [6.07, 6.45) is 1.62. The number of hydrogen-bond acceptors (Lipinski definition) is 4. The number of carbonyl (C=O) groups is 1. The molecular weight excluding hydrogens is 208 g/mol. The third-order valence-electron chi connectivity index (χ3n) is 2.71. The average Bonchev–Trinajstić information content (AvgIpc) is 2.88. The lowest BCUT2D eigenvalue weighted by atomic mass is 10.2. The van der Waals surface area contributed by atoms with Gasteiger partial charge in [0.05, 0.1) is 29.7 Å². The molecule has 2 aromatic heterocycles. The summed E-state index contributed by atoms with van der Waals surface area (Å²) in [6, 6.07) is 0. The number of nitrogens with one attached hydrogen (secondary N) is 1. The molecular formula is C9H10N6O. The number of aromatic nitrogens is 5. The summed E-state index contributed by atoms with van der Waals surface area (Å²) in [5.41, 5.74) is 2.26. The van der Waals surface area contributed by atoms with Gasteiger partial charge < -0.3 is 5.32 Å². The second kappa shape index (κ2) is 2.91. The van der Waals surface area contributed by atoms with E-state index in [4.69, 9.17) is 0 Å². The Morgan fingerprint density at radius 3 is 3.00 bits per heavy atom. The summed E-state index contributed by atoms with van der Waals surface area (Å²) >= 11 is 0. The number of nitrogens with zero attached hydrogens (tertiary/aromatic N) is 5. The largest absolute Gasteiger partial charge is 0.346 e. The molecule has 16 heavy (non-hydrogen) atoms. The van der Waals surface area contributed by atoms with Crippen molar-refractivity contribution in [3.63, 3.8) is 0 Å². The van der Waals surface area contributed by atoms with Crippen molar-refractivity contribution in [2.24, 2.45) is 7.05 Å². The quantitative estimate of drug-likeness (QED) is 0.703. The van der Waals surface area contributed by atoms with Crippen LogP contribution >= 0.6 is 0 Å². The van der Waals surface area contributed by atoms with Gasteiger partial charge in [0.2, 0.25) is 0 Å². The maximum atomic E-state index is 11.6. The lowest BCUT2D eigenvalue weighted by Gasteiger charge is -2.03. The van der Waals surface area contributed by atoms with Crippen LogP contribution in [0.2, 0.25) is 0 Å². The van der Waals surface area contributed by atoms with Crippen molar-refractivity contribution in [1.29, 1.82) is 0 Å². The fourth-order valence-electron chi connectivity index (χ4n) is 1.95. The molecule has 1 amide bonds. The summed E-state index contributed by atoms with van der Waals surface area (Å²) < 4.78 is 3.33. The van der Waals surface area contributed by atoms with Crippen LogP contribution in [-0.2, 0) is 13.6 Å². The lowest BCUT2D eigenvalue weighted by Crippen LogP contribution is -2.15. The Morgan fingerprint density at radius 2 is 2.31 bits per heavy atom. The van der Waals surface area contributed by atoms with Gasteiger partial charge in [-0.3, -0.25) is 4.79 Å². The number of fused-ring (bicyclic) bond motifs is 1. The highest BCUT2D eigenvalue weighted by atomic mass is 16.2. The van der Waals surface area contributed by atoms with Gasteiger partial charge in [-0.15, -0.1) is 5.10 Å². The standard InChI is InChI=1S/C9H10N6O/c1-5-8-6(3-10-9(8)16)15(12-5)7-4-11-13-14(7)2/h4H,3H2,1-2H3,(H,10,16). The maximum Gasteiger partial charge on any atom is 0.255 e. The van der Waals surface area contributed by atoms with E-state index in [2.05, 4.69) is 20.7 Å². The van der Waals surface area contributed by atoms with Crippen LogP contribution in [0.5, 0.6) is 0 Å². The van der Waals surface area contributed by atoms with Crippen LogP contribution in [-0.4, -0.2) is 30.7 Å². The van der Waals surface area contributed by atoms with Crippen molar-refractivity contribution in [2.45, 2.75) is 13.5 Å². The molecule has 0 saturated heterocycles. The van der Waals surface area contributed by atoms with Gasteiger partial charge in [0.15, 0.2) is 5.82 Å². The fourth-order valence-corrected chi connectivity index (χ4v) is 1.95.